The number of aromatic hydroxyl groups is 2. The molecule has 3 N–H and O–H groups in total. The summed E-state index contributed by atoms with van der Waals surface area (Å²) >= 11 is 1.76. The molecule has 0 heterocycles. The van der Waals surface area contributed by atoms with Crippen LogP contribution in [0.15, 0.2) is 18.2 Å². The summed E-state index contributed by atoms with van der Waals surface area (Å²) in [6.07, 6.45) is 4.00. The zero-order valence-corrected chi connectivity index (χ0v) is 12.4. The number of nitrogens with one attached hydrogen (secondary N) is 1. The molecule has 0 bridgehead atoms. The van der Waals surface area contributed by atoms with E-state index in [1.807, 2.05) is 6.26 Å². The minimum atomic E-state index is -0.283. The van der Waals surface area contributed by atoms with Crippen molar-refractivity contribution in [1.82, 2.24) is 5.32 Å². The van der Waals surface area contributed by atoms with Crippen molar-refractivity contribution in [3.63, 3.8) is 0 Å². The predicted molar refractivity (Wildman–Crippen MR) is 78.9 cm³/mol. The first-order chi connectivity index (χ1) is 8.98. The molecule has 19 heavy (non-hydrogen) atoms. The van der Waals surface area contributed by atoms with E-state index in [1.165, 1.54) is 18.2 Å². The van der Waals surface area contributed by atoms with E-state index in [0.717, 1.165) is 12.8 Å². The zero-order chi connectivity index (χ0) is 14.5. The predicted octanol–water partition coefficient (Wildman–Crippen LogP) is 2.75. The quantitative estimate of drug-likeness (QED) is 0.702. The lowest BCUT2D eigenvalue weighted by molar-refractivity contribution is 0.0948. The molecule has 106 valence electrons. The van der Waals surface area contributed by atoms with E-state index in [9.17, 15) is 15.0 Å². The average molecular weight is 283 g/mol. The largest absolute Gasteiger partial charge is 0.504 e. The van der Waals surface area contributed by atoms with Crippen molar-refractivity contribution in [2.75, 3.05) is 12.8 Å². The number of amides is 1. The van der Waals surface area contributed by atoms with Crippen molar-refractivity contribution in [3.8, 4) is 11.5 Å². The Morgan fingerprint density at radius 2 is 1.89 bits per heavy atom. The Labute approximate surface area is 118 Å². The van der Waals surface area contributed by atoms with Crippen LogP contribution in [-0.4, -0.2) is 33.7 Å². The lowest BCUT2D eigenvalue weighted by Gasteiger charge is -2.29. The monoisotopic (exact) mass is 283 g/mol. The molecule has 1 rings (SSSR count). The average Bonchev–Trinajstić information content (AvgIpc) is 2.43. The molecule has 0 aliphatic heterocycles. The van der Waals surface area contributed by atoms with E-state index in [4.69, 9.17) is 0 Å². The molecule has 0 atom stereocenters. The lowest BCUT2D eigenvalue weighted by Crippen LogP contribution is -2.39. The Morgan fingerprint density at radius 1 is 1.26 bits per heavy atom. The molecule has 0 fully saturated rings. The molecule has 1 aromatic carbocycles. The molecule has 5 heteroatoms. The van der Waals surface area contributed by atoms with Gasteiger partial charge in [-0.2, -0.15) is 11.8 Å². The minimum absolute atomic E-state index is 0.0502. The maximum atomic E-state index is 12.0. The fraction of sp³-hybridized carbons (Fsp3) is 0.500. The summed E-state index contributed by atoms with van der Waals surface area (Å²) in [6.45, 7) is 4.80. The van der Waals surface area contributed by atoms with Crippen LogP contribution in [0.1, 0.15) is 37.0 Å². The number of rotatable bonds is 6. The smallest absolute Gasteiger partial charge is 0.251 e. The normalized spacial score (nSPS) is 11.3. The number of phenols is 2. The lowest BCUT2D eigenvalue weighted by atomic mass is 10.0. The molecule has 0 saturated heterocycles. The number of hydrogen-bond acceptors (Lipinski definition) is 4. The van der Waals surface area contributed by atoms with Gasteiger partial charge in [-0.3, -0.25) is 4.79 Å². The summed E-state index contributed by atoms with van der Waals surface area (Å²) in [5.41, 5.74) is 0.345. The SMILES string of the molecule is CCC(CC)(CNC(=O)c1ccc(O)c(O)c1)SC. The van der Waals surface area contributed by atoms with Gasteiger partial charge in [0.1, 0.15) is 0 Å². The summed E-state index contributed by atoms with van der Waals surface area (Å²) in [5, 5.41) is 21.5. The summed E-state index contributed by atoms with van der Waals surface area (Å²) in [4.78, 5) is 12.0. The van der Waals surface area contributed by atoms with Crippen LogP contribution in [0, 0.1) is 0 Å². The minimum Gasteiger partial charge on any atom is -0.504 e. The molecule has 0 radical (unpaired) electrons. The molecule has 0 unspecified atom stereocenters. The Kier molecular flexibility index (Phi) is 5.54. The number of carbonyl (C=O) groups is 1. The van der Waals surface area contributed by atoms with Gasteiger partial charge in [0.05, 0.1) is 0 Å². The van der Waals surface area contributed by atoms with Gasteiger partial charge in [0.2, 0.25) is 0 Å². The Balaban J connectivity index is 2.72. The maximum absolute atomic E-state index is 12.0. The molecule has 0 spiro atoms. The van der Waals surface area contributed by atoms with Crippen LogP contribution in [-0.2, 0) is 0 Å². The number of carbonyl (C=O) groups excluding carboxylic acids is 1. The highest BCUT2D eigenvalue weighted by molar-refractivity contribution is 8.00. The highest BCUT2D eigenvalue weighted by Crippen LogP contribution is 2.30. The van der Waals surface area contributed by atoms with Gasteiger partial charge in [-0.25, -0.2) is 0 Å². The van der Waals surface area contributed by atoms with Crippen molar-refractivity contribution in [1.29, 1.82) is 0 Å². The van der Waals surface area contributed by atoms with Crippen molar-refractivity contribution in [2.45, 2.75) is 31.4 Å². The molecule has 0 aliphatic rings. The fourth-order valence-corrected chi connectivity index (χ4v) is 2.66. The first-order valence-electron chi connectivity index (χ1n) is 6.33. The van der Waals surface area contributed by atoms with Gasteiger partial charge in [0, 0.05) is 16.9 Å². The summed E-state index contributed by atoms with van der Waals surface area (Å²) in [6, 6.07) is 4.07. The van der Waals surface area contributed by atoms with E-state index >= 15 is 0 Å². The topological polar surface area (TPSA) is 69.6 Å². The Bertz CT molecular complexity index is 436. The highest BCUT2D eigenvalue weighted by Gasteiger charge is 2.25. The van der Waals surface area contributed by atoms with Gasteiger partial charge in [0.25, 0.3) is 5.91 Å². The third-order valence-corrected chi connectivity index (χ3v) is 5.12. The van der Waals surface area contributed by atoms with E-state index < -0.39 is 0 Å². The molecule has 4 nitrogen and oxygen atoms in total. The number of phenolic OH excluding ortho intramolecular Hbond substituents is 2. The van der Waals surface area contributed by atoms with Crippen LogP contribution in [0.5, 0.6) is 11.5 Å². The third kappa shape index (κ3) is 3.80. The highest BCUT2D eigenvalue weighted by atomic mass is 32.2. The second-order valence-electron chi connectivity index (χ2n) is 4.48. The molecule has 1 amide bonds. The zero-order valence-electron chi connectivity index (χ0n) is 11.6. The van der Waals surface area contributed by atoms with Gasteiger partial charge in [0.15, 0.2) is 11.5 Å². The number of benzene rings is 1. The third-order valence-electron chi connectivity index (χ3n) is 3.53. The van der Waals surface area contributed by atoms with Gasteiger partial charge in [-0.15, -0.1) is 0 Å². The fourth-order valence-electron chi connectivity index (χ4n) is 1.87. The summed E-state index contributed by atoms with van der Waals surface area (Å²) in [5.74, 6) is -0.748. The van der Waals surface area contributed by atoms with Crippen molar-refractivity contribution >= 4 is 17.7 Å². The molecular formula is C14H21NO3S. The van der Waals surface area contributed by atoms with Crippen molar-refractivity contribution in [2.24, 2.45) is 0 Å². The standard InChI is InChI=1S/C14H21NO3S/c1-4-14(5-2,19-3)9-15-13(18)10-6-7-11(16)12(17)8-10/h6-8,16-17H,4-5,9H2,1-3H3,(H,15,18). The summed E-state index contributed by atoms with van der Waals surface area (Å²) in [7, 11) is 0. The summed E-state index contributed by atoms with van der Waals surface area (Å²) < 4.78 is 0.0502. The van der Waals surface area contributed by atoms with Crippen LogP contribution in [0.3, 0.4) is 0 Å². The maximum Gasteiger partial charge on any atom is 0.251 e. The van der Waals surface area contributed by atoms with Gasteiger partial charge in [-0.05, 0) is 37.3 Å². The second kappa shape index (κ2) is 6.70. The first kappa shape index (κ1) is 15.7. The Morgan fingerprint density at radius 3 is 2.37 bits per heavy atom. The molecular weight excluding hydrogens is 262 g/mol. The molecule has 0 aliphatic carbocycles. The number of hydrogen-bond donors (Lipinski definition) is 3. The van der Waals surface area contributed by atoms with Crippen LogP contribution in [0.4, 0.5) is 0 Å². The van der Waals surface area contributed by atoms with Crippen LogP contribution >= 0.6 is 11.8 Å². The molecule has 0 saturated carbocycles. The van der Waals surface area contributed by atoms with Gasteiger partial charge < -0.3 is 15.5 Å². The molecule has 1 aromatic rings. The van der Waals surface area contributed by atoms with E-state index in [1.54, 1.807) is 11.8 Å². The van der Waals surface area contributed by atoms with Crippen LogP contribution in [0.25, 0.3) is 0 Å². The van der Waals surface area contributed by atoms with Crippen molar-refractivity contribution < 1.29 is 15.0 Å². The molecule has 0 aromatic heterocycles. The number of thioether (sulfide) groups is 1. The van der Waals surface area contributed by atoms with E-state index in [2.05, 4.69) is 19.2 Å². The Hall–Kier alpha value is -1.36. The van der Waals surface area contributed by atoms with Crippen molar-refractivity contribution in [3.05, 3.63) is 23.8 Å². The first-order valence-corrected chi connectivity index (χ1v) is 7.55. The van der Waals surface area contributed by atoms with E-state index in [-0.39, 0.29) is 22.2 Å². The van der Waals surface area contributed by atoms with Crippen LogP contribution in [0.2, 0.25) is 0 Å². The van der Waals surface area contributed by atoms with Crippen LogP contribution < -0.4 is 5.32 Å². The van der Waals surface area contributed by atoms with E-state index in [0.29, 0.717) is 12.1 Å². The van der Waals surface area contributed by atoms with Gasteiger partial charge in [-0.1, -0.05) is 13.8 Å². The second-order valence-corrected chi connectivity index (χ2v) is 5.75. The van der Waals surface area contributed by atoms with Gasteiger partial charge >= 0.3 is 0 Å².